The Morgan fingerprint density at radius 2 is 1.94 bits per heavy atom. The Hall–Kier alpha value is 0.253. The Labute approximate surface area is 130 Å². The minimum absolute atomic E-state index is 0. The molecule has 0 spiro atoms. The number of benzene rings is 1. The average Bonchev–Trinajstić information content (AvgIpc) is 2.15. The quantitative estimate of drug-likeness (QED) is 0.372. The van der Waals surface area contributed by atoms with Gasteiger partial charge in [0.1, 0.15) is 0 Å². The van der Waals surface area contributed by atoms with Crippen LogP contribution in [-0.2, 0) is 0 Å². The number of hydrogen-bond donors (Lipinski definition) is 0. The largest absolute Gasteiger partial charge is 3.00 e. The van der Waals surface area contributed by atoms with Crippen LogP contribution in [-0.4, -0.2) is 42.1 Å². The number of hydrogen-bond acceptors (Lipinski definition) is 4. The zero-order chi connectivity index (χ0) is 9.42. The molecule has 0 aliphatic rings. The van der Waals surface area contributed by atoms with E-state index in [1.165, 1.54) is 0 Å². The molecule has 1 aromatic carbocycles. The second kappa shape index (κ2) is 7.55. The first-order valence-electron chi connectivity index (χ1n) is 3.60. The van der Waals surface area contributed by atoms with Gasteiger partial charge in [-0.3, -0.25) is 4.98 Å². The van der Waals surface area contributed by atoms with Crippen LogP contribution in [0.5, 0.6) is 5.75 Å². The third kappa shape index (κ3) is 3.37. The van der Waals surface area contributed by atoms with E-state index in [1.807, 2.05) is 22.6 Å². The van der Waals surface area contributed by atoms with Gasteiger partial charge in [-0.1, -0.05) is 17.4 Å². The maximum atomic E-state index is 11.6. The molecule has 7 heteroatoms. The van der Waals surface area contributed by atoms with E-state index in [0.29, 0.717) is 14.1 Å². The molecule has 0 fully saturated rings. The molecule has 0 saturated heterocycles. The van der Waals surface area contributed by atoms with Gasteiger partial charge in [0.15, 0.2) is 0 Å². The predicted octanol–water partition coefficient (Wildman–Crippen LogP) is 1.83. The maximum absolute atomic E-state index is 11.6. The number of pyridine rings is 1. The topological polar surface area (TPSA) is 96.0 Å². The fraction of sp³-hybridized carbons (Fsp3) is 0. The monoisotopic (exact) mass is 547 g/mol. The zero-order valence-corrected chi connectivity index (χ0v) is 14.2. The molecule has 0 aliphatic heterocycles. The first-order valence-corrected chi connectivity index (χ1v) is 5.05. The predicted molar refractivity (Wildman–Crippen MR) is 68.5 cm³/mol. The van der Waals surface area contributed by atoms with Gasteiger partial charge in [0.2, 0.25) is 0 Å². The molecular formula is C9H6BiClINO3. The van der Waals surface area contributed by atoms with Crippen molar-refractivity contribution in [1.29, 1.82) is 0 Å². The van der Waals surface area contributed by atoms with Crippen LogP contribution in [0.3, 0.4) is 0 Å². The zero-order valence-electron chi connectivity index (χ0n) is 7.76. The summed E-state index contributed by atoms with van der Waals surface area (Å²) in [5.74, 6) is -0.0550. The van der Waals surface area contributed by atoms with Crippen LogP contribution in [0.1, 0.15) is 0 Å². The number of aromatic nitrogens is 1. The first kappa shape index (κ1) is 18.6. The van der Waals surface area contributed by atoms with Gasteiger partial charge in [0, 0.05) is 15.2 Å². The van der Waals surface area contributed by atoms with Crippen LogP contribution in [0.25, 0.3) is 10.9 Å². The van der Waals surface area contributed by atoms with Crippen molar-refractivity contribution < 1.29 is 16.1 Å². The van der Waals surface area contributed by atoms with Gasteiger partial charge >= 0.3 is 26.2 Å². The van der Waals surface area contributed by atoms with Crippen molar-refractivity contribution in [2.24, 2.45) is 0 Å². The fourth-order valence-electron chi connectivity index (χ4n) is 1.15. The van der Waals surface area contributed by atoms with Gasteiger partial charge in [-0.05, 0) is 40.8 Å². The Balaban J connectivity index is 0. The van der Waals surface area contributed by atoms with E-state index in [9.17, 15) is 5.11 Å². The van der Waals surface area contributed by atoms with Gasteiger partial charge in [-0.25, -0.2) is 0 Å². The minimum atomic E-state index is -0.0550. The van der Waals surface area contributed by atoms with Crippen LogP contribution < -0.4 is 5.11 Å². The Morgan fingerprint density at radius 3 is 2.56 bits per heavy atom. The number of fused-ring (bicyclic) bond motifs is 1. The van der Waals surface area contributed by atoms with Gasteiger partial charge < -0.3 is 16.1 Å². The summed E-state index contributed by atoms with van der Waals surface area (Å²) >= 11 is 7.91. The van der Waals surface area contributed by atoms with Crippen molar-refractivity contribution in [1.82, 2.24) is 4.98 Å². The summed E-state index contributed by atoms with van der Waals surface area (Å²) in [4.78, 5) is 4.00. The number of halogens is 2. The standard InChI is InChI=1S/C9H5ClINO.Bi.2H2O/c10-6-4-7(11)9(13)8-5(6)2-1-3-12-8;;;/h1-4,13H;;2*1H2/q;+3;;/p-3. The molecule has 0 bridgehead atoms. The van der Waals surface area contributed by atoms with Crippen molar-refractivity contribution in [2.75, 3.05) is 0 Å². The third-order valence-corrected chi connectivity index (χ3v) is 2.86. The SMILES string of the molecule is [Bi+3].[O-]c1c(I)cc(Cl)c2cccnc12.[OH-].[OH-]. The van der Waals surface area contributed by atoms with Crippen molar-refractivity contribution in [2.45, 2.75) is 0 Å². The first-order chi connectivity index (χ1) is 6.20. The molecule has 2 aromatic rings. The number of rotatable bonds is 0. The van der Waals surface area contributed by atoms with E-state index in [1.54, 1.807) is 24.4 Å². The summed E-state index contributed by atoms with van der Waals surface area (Å²) in [5.41, 5.74) is 0.444. The summed E-state index contributed by atoms with van der Waals surface area (Å²) < 4.78 is 0.605. The molecule has 84 valence electrons. The summed E-state index contributed by atoms with van der Waals surface area (Å²) in [5, 5.41) is 12.8. The van der Waals surface area contributed by atoms with E-state index < -0.39 is 0 Å². The Morgan fingerprint density at radius 1 is 1.31 bits per heavy atom. The molecule has 1 aromatic heterocycles. The van der Waals surface area contributed by atoms with Gasteiger partial charge in [0.25, 0.3) is 0 Å². The van der Waals surface area contributed by atoms with Gasteiger partial charge in [0.05, 0.1) is 10.5 Å². The summed E-state index contributed by atoms with van der Waals surface area (Å²) in [6.07, 6.45) is 1.59. The number of nitrogens with zero attached hydrogens (tertiary/aromatic N) is 1. The Kier molecular flexibility index (Phi) is 8.79. The van der Waals surface area contributed by atoms with Crippen molar-refractivity contribution in [3.63, 3.8) is 0 Å². The van der Waals surface area contributed by atoms with E-state index in [-0.39, 0.29) is 42.9 Å². The molecular weight excluding hydrogens is 541 g/mol. The second-order valence-electron chi connectivity index (χ2n) is 2.57. The van der Waals surface area contributed by atoms with Crippen molar-refractivity contribution >= 4 is 71.3 Å². The molecule has 1 heterocycles. The molecule has 0 amide bonds. The van der Waals surface area contributed by atoms with Crippen LogP contribution in [0, 0.1) is 3.57 Å². The van der Waals surface area contributed by atoms with Gasteiger partial charge in [-0.15, -0.1) is 0 Å². The van der Waals surface area contributed by atoms with E-state index in [4.69, 9.17) is 11.6 Å². The van der Waals surface area contributed by atoms with Crippen LogP contribution >= 0.6 is 34.2 Å². The molecule has 2 radical (unpaired) electrons. The van der Waals surface area contributed by atoms with Gasteiger partial charge in [-0.2, -0.15) is 0 Å². The fourth-order valence-corrected chi connectivity index (χ4v) is 2.16. The average molecular weight is 547 g/mol. The van der Waals surface area contributed by atoms with Crippen molar-refractivity contribution in [3.8, 4) is 5.75 Å². The van der Waals surface area contributed by atoms with E-state index >= 15 is 0 Å². The van der Waals surface area contributed by atoms with Crippen molar-refractivity contribution in [3.05, 3.63) is 33.0 Å². The third-order valence-electron chi connectivity index (χ3n) is 1.75. The molecule has 16 heavy (non-hydrogen) atoms. The summed E-state index contributed by atoms with van der Waals surface area (Å²) in [6, 6.07) is 5.22. The van der Waals surface area contributed by atoms with Crippen LogP contribution in [0.2, 0.25) is 5.02 Å². The smallest absolute Gasteiger partial charge is 0.870 e. The van der Waals surface area contributed by atoms with E-state index in [2.05, 4.69) is 4.98 Å². The Bertz CT molecular complexity index is 484. The molecule has 0 unspecified atom stereocenters. The molecule has 2 rings (SSSR count). The minimum Gasteiger partial charge on any atom is -0.870 e. The van der Waals surface area contributed by atoms with Crippen LogP contribution in [0.15, 0.2) is 24.4 Å². The molecule has 0 saturated carbocycles. The molecule has 0 atom stereocenters. The second-order valence-corrected chi connectivity index (χ2v) is 4.14. The summed E-state index contributed by atoms with van der Waals surface area (Å²) in [7, 11) is 0. The summed E-state index contributed by atoms with van der Waals surface area (Å²) in [6.45, 7) is 0. The maximum Gasteiger partial charge on any atom is 3.00 e. The van der Waals surface area contributed by atoms with Crippen LogP contribution in [0.4, 0.5) is 0 Å². The molecule has 0 aliphatic carbocycles. The molecule has 4 nitrogen and oxygen atoms in total. The van der Waals surface area contributed by atoms with E-state index in [0.717, 1.165) is 5.39 Å². The normalized spacial score (nSPS) is 8.62. The molecule has 2 N–H and O–H groups in total.